The van der Waals surface area contributed by atoms with E-state index in [9.17, 15) is 8.78 Å². The first-order chi connectivity index (χ1) is 5.11. The van der Waals surface area contributed by atoms with Crippen LogP contribution in [0.15, 0.2) is 22.7 Å². The van der Waals surface area contributed by atoms with Crippen LogP contribution in [-0.2, 0) is 0 Å². The zero-order chi connectivity index (χ0) is 8.43. The fourth-order valence-corrected chi connectivity index (χ4v) is 1.19. The summed E-state index contributed by atoms with van der Waals surface area (Å²) in [6.45, 7) is 0. The van der Waals surface area contributed by atoms with Crippen LogP contribution in [0, 0.1) is 5.82 Å². The Hall–Kier alpha value is -0.150. The maximum atomic E-state index is 12.7. The third-order valence-electron chi connectivity index (χ3n) is 1.20. The van der Waals surface area contributed by atoms with E-state index < -0.39 is 11.4 Å². The van der Waals surface area contributed by atoms with Gasteiger partial charge < -0.3 is 0 Å². The van der Waals surface area contributed by atoms with Crippen molar-refractivity contribution in [2.24, 2.45) is 0 Å². The van der Waals surface area contributed by atoms with Crippen LogP contribution in [0.1, 0.15) is 11.2 Å². The molecule has 0 bridgehead atoms. The molecule has 0 radical (unpaired) electrons. The lowest BCUT2D eigenvalue weighted by Crippen LogP contribution is -1.88. The third-order valence-corrected chi connectivity index (χ3v) is 1.93. The predicted octanol–water partition coefficient (Wildman–Crippen LogP) is 3.80. The first-order valence-electron chi connectivity index (χ1n) is 2.84. The molecule has 60 valence electrons. The van der Waals surface area contributed by atoms with Gasteiger partial charge in [-0.1, -0.05) is 33.6 Å². The highest BCUT2D eigenvalue weighted by Crippen LogP contribution is 2.26. The maximum Gasteiger partial charge on any atom is 0.201 e. The van der Waals surface area contributed by atoms with Crippen LogP contribution in [0.4, 0.5) is 8.78 Å². The van der Waals surface area contributed by atoms with E-state index in [1.165, 1.54) is 18.2 Å². The molecular formula is C7H4BrClF2. The number of rotatable bonds is 1. The minimum absolute atomic E-state index is 0.130. The summed E-state index contributed by atoms with van der Waals surface area (Å²) in [5.74, 6) is -0.637. The molecule has 0 aliphatic rings. The zero-order valence-corrected chi connectivity index (χ0v) is 7.66. The van der Waals surface area contributed by atoms with E-state index >= 15 is 0 Å². The van der Waals surface area contributed by atoms with E-state index in [2.05, 4.69) is 15.9 Å². The molecule has 1 rings (SSSR count). The largest absolute Gasteiger partial charge is 0.225 e. The number of alkyl halides is 2. The second-order valence-corrected chi connectivity index (χ2v) is 3.27. The molecule has 0 saturated carbocycles. The van der Waals surface area contributed by atoms with Crippen LogP contribution < -0.4 is 0 Å². The molecule has 0 saturated heterocycles. The van der Waals surface area contributed by atoms with Crippen molar-refractivity contribution in [3.8, 4) is 0 Å². The molecule has 0 aliphatic heterocycles. The summed E-state index contributed by atoms with van der Waals surface area (Å²) in [6, 6.07) is 4.01. The van der Waals surface area contributed by atoms with Crippen molar-refractivity contribution < 1.29 is 8.78 Å². The Labute approximate surface area is 76.3 Å². The second kappa shape index (κ2) is 3.50. The lowest BCUT2D eigenvalue weighted by molar-refractivity contribution is 0.441. The van der Waals surface area contributed by atoms with E-state index in [1.807, 2.05) is 0 Å². The minimum atomic E-state index is -1.77. The average Bonchev–Trinajstić information content (AvgIpc) is 1.85. The molecule has 0 N–H and O–H groups in total. The fraction of sp³-hybridized carbons (Fsp3) is 0.143. The number of hydrogen-bond acceptors (Lipinski definition) is 0. The molecule has 0 aliphatic carbocycles. The summed E-state index contributed by atoms with van der Waals surface area (Å²) in [7, 11) is 0. The lowest BCUT2D eigenvalue weighted by Gasteiger charge is -2.01. The number of benzene rings is 1. The van der Waals surface area contributed by atoms with Crippen molar-refractivity contribution >= 4 is 27.5 Å². The summed E-state index contributed by atoms with van der Waals surface area (Å²) in [6.07, 6.45) is 0. The highest BCUT2D eigenvalue weighted by Gasteiger charge is 2.10. The maximum absolute atomic E-state index is 12.7. The Morgan fingerprint density at radius 2 is 2.09 bits per heavy atom. The Kier molecular flexibility index (Phi) is 2.84. The standard InChI is InChI=1S/C7H4BrClF2/c8-4-1-2-5(7(9)11)6(10)3-4/h1-3,7H. The summed E-state index contributed by atoms with van der Waals surface area (Å²) in [5.41, 5.74) is -1.90. The first kappa shape index (κ1) is 8.94. The van der Waals surface area contributed by atoms with Gasteiger partial charge >= 0.3 is 0 Å². The summed E-state index contributed by atoms with van der Waals surface area (Å²) >= 11 is 8.08. The molecule has 0 spiro atoms. The Bertz CT molecular complexity index is 263. The van der Waals surface area contributed by atoms with Gasteiger partial charge in [-0.05, 0) is 12.1 Å². The Morgan fingerprint density at radius 1 is 1.45 bits per heavy atom. The quantitative estimate of drug-likeness (QED) is 0.656. The van der Waals surface area contributed by atoms with Gasteiger partial charge in [0, 0.05) is 10.0 Å². The van der Waals surface area contributed by atoms with E-state index in [-0.39, 0.29) is 5.56 Å². The molecule has 1 aromatic rings. The van der Waals surface area contributed by atoms with Gasteiger partial charge in [-0.3, -0.25) is 0 Å². The van der Waals surface area contributed by atoms with Gasteiger partial charge in [-0.2, -0.15) is 0 Å². The Morgan fingerprint density at radius 3 is 2.55 bits per heavy atom. The third kappa shape index (κ3) is 2.14. The smallest absolute Gasteiger partial charge is 0.201 e. The fourth-order valence-electron chi connectivity index (χ4n) is 0.678. The van der Waals surface area contributed by atoms with Crippen molar-refractivity contribution in [1.82, 2.24) is 0 Å². The molecule has 11 heavy (non-hydrogen) atoms. The van der Waals surface area contributed by atoms with Gasteiger partial charge in [0.15, 0.2) is 0 Å². The van der Waals surface area contributed by atoms with Crippen LogP contribution in [-0.4, -0.2) is 0 Å². The monoisotopic (exact) mass is 240 g/mol. The molecular weight excluding hydrogens is 237 g/mol. The van der Waals surface area contributed by atoms with Crippen molar-refractivity contribution in [3.05, 3.63) is 34.1 Å². The molecule has 0 fully saturated rings. The minimum Gasteiger partial charge on any atom is -0.225 e. The SMILES string of the molecule is Fc1cc(Br)ccc1C(F)Cl. The molecule has 0 heterocycles. The van der Waals surface area contributed by atoms with Crippen molar-refractivity contribution in [2.75, 3.05) is 0 Å². The second-order valence-electron chi connectivity index (χ2n) is 1.97. The van der Waals surface area contributed by atoms with Crippen LogP contribution in [0.3, 0.4) is 0 Å². The number of halogens is 4. The van der Waals surface area contributed by atoms with E-state index in [0.29, 0.717) is 4.47 Å². The van der Waals surface area contributed by atoms with Crippen molar-refractivity contribution in [2.45, 2.75) is 5.63 Å². The van der Waals surface area contributed by atoms with Gasteiger partial charge in [0.2, 0.25) is 5.63 Å². The van der Waals surface area contributed by atoms with Crippen LogP contribution >= 0.6 is 27.5 Å². The Balaban J connectivity index is 3.09. The van der Waals surface area contributed by atoms with Crippen LogP contribution in [0.5, 0.6) is 0 Å². The van der Waals surface area contributed by atoms with Gasteiger partial charge in [-0.25, -0.2) is 8.78 Å². The van der Waals surface area contributed by atoms with E-state index in [4.69, 9.17) is 11.6 Å². The van der Waals surface area contributed by atoms with Crippen molar-refractivity contribution in [3.63, 3.8) is 0 Å². The summed E-state index contributed by atoms with van der Waals surface area (Å²) in [4.78, 5) is 0. The zero-order valence-electron chi connectivity index (χ0n) is 5.32. The molecule has 1 atom stereocenters. The molecule has 4 heteroatoms. The van der Waals surface area contributed by atoms with E-state index in [1.54, 1.807) is 0 Å². The summed E-state index contributed by atoms with van der Waals surface area (Å²) < 4.78 is 25.6. The van der Waals surface area contributed by atoms with Crippen LogP contribution in [0.2, 0.25) is 0 Å². The topological polar surface area (TPSA) is 0 Å². The van der Waals surface area contributed by atoms with Gasteiger partial charge in [-0.15, -0.1) is 0 Å². The highest BCUT2D eigenvalue weighted by molar-refractivity contribution is 9.10. The normalized spacial score (nSPS) is 13.1. The first-order valence-corrected chi connectivity index (χ1v) is 4.07. The molecule has 0 aromatic heterocycles. The van der Waals surface area contributed by atoms with Gasteiger partial charge in [0.1, 0.15) is 5.82 Å². The molecule has 0 nitrogen and oxygen atoms in total. The molecule has 0 amide bonds. The number of hydrogen-bond donors (Lipinski definition) is 0. The predicted molar refractivity (Wildman–Crippen MR) is 43.8 cm³/mol. The molecule has 1 unspecified atom stereocenters. The molecule has 1 aromatic carbocycles. The lowest BCUT2D eigenvalue weighted by atomic mass is 10.2. The van der Waals surface area contributed by atoms with Crippen LogP contribution in [0.25, 0.3) is 0 Å². The van der Waals surface area contributed by atoms with Crippen molar-refractivity contribution in [1.29, 1.82) is 0 Å². The van der Waals surface area contributed by atoms with E-state index in [0.717, 1.165) is 0 Å². The van der Waals surface area contributed by atoms with Gasteiger partial charge in [0.05, 0.1) is 0 Å². The average molecular weight is 241 g/mol. The highest BCUT2D eigenvalue weighted by atomic mass is 79.9. The van der Waals surface area contributed by atoms with Gasteiger partial charge in [0.25, 0.3) is 0 Å². The summed E-state index contributed by atoms with van der Waals surface area (Å²) in [5, 5.41) is 0.